The highest BCUT2D eigenvalue weighted by molar-refractivity contribution is 5.98. The Bertz CT molecular complexity index is 962. The van der Waals surface area contributed by atoms with E-state index in [2.05, 4.69) is 0 Å². The van der Waals surface area contributed by atoms with Crippen molar-refractivity contribution in [2.45, 2.75) is 19.8 Å². The number of methoxy groups -OCH3 is 2. The standard InChI is InChI=1S/C24H27NO6/c1-16-6-4-5-7-19(16)23(27)25-12-10-17(11-13-25)24(28)31-15-20(26)18-8-9-21(29-2)22(14-18)30-3/h4-9,14,17H,10-13,15H2,1-3H3. The Morgan fingerprint density at radius 1 is 0.968 bits per heavy atom. The highest BCUT2D eigenvalue weighted by Crippen LogP contribution is 2.28. The molecule has 1 saturated heterocycles. The summed E-state index contributed by atoms with van der Waals surface area (Å²) in [6.45, 7) is 2.54. The number of likely N-dealkylation sites (tertiary alicyclic amines) is 1. The van der Waals surface area contributed by atoms with Gasteiger partial charge in [-0.1, -0.05) is 18.2 Å². The second kappa shape index (κ2) is 10.1. The lowest BCUT2D eigenvalue weighted by atomic mass is 9.96. The Kier molecular flexibility index (Phi) is 7.28. The van der Waals surface area contributed by atoms with Crippen LogP contribution in [0.5, 0.6) is 11.5 Å². The molecular formula is C24H27NO6. The van der Waals surface area contributed by atoms with E-state index in [0.29, 0.717) is 48.6 Å². The molecule has 164 valence electrons. The molecule has 2 aromatic rings. The van der Waals surface area contributed by atoms with Crippen LogP contribution < -0.4 is 9.47 Å². The van der Waals surface area contributed by atoms with Gasteiger partial charge in [-0.05, 0) is 49.6 Å². The second-order valence-electron chi connectivity index (χ2n) is 7.48. The van der Waals surface area contributed by atoms with Crippen LogP contribution in [0, 0.1) is 12.8 Å². The number of hydrogen-bond donors (Lipinski definition) is 0. The first kappa shape index (κ1) is 22.3. The van der Waals surface area contributed by atoms with Crippen molar-refractivity contribution >= 4 is 17.7 Å². The first-order valence-electron chi connectivity index (χ1n) is 10.2. The summed E-state index contributed by atoms with van der Waals surface area (Å²) in [4.78, 5) is 39.3. The molecule has 0 unspecified atom stereocenters. The number of Topliss-reactive ketones (excluding diaryl/α,β-unsaturated/α-hetero) is 1. The van der Waals surface area contributed by atoms with Crippen LogP contribution in [0.4, 0.5) is 0 Å². The fourth-order valence-electron chi connectivity index (χ4n) is 3.65. The highest BCUT2D eigenvalue weighted by Gasteiger charge is 2.29. The number of esters is 1. The Morgan fingerprint density at radius 2 is 1.65 bits per heavy atom. The third-order valence-corrected chi connectivity index (χ3v) is 5.54. The van der Waals surface area contributed by atoms with Crippen LogP contribution in [0.25, 0.3) is 0 Å². The number of benzene rings is 2. The Morgan fingerprint density at radius 3 is 2.29 bits per heavy atom. The van der Waals surface area contributed by atoms with E-state index < -0.39 is 5.97 Å². The van der Waals surface area contributed by atoms with Gasteiger partial charge in [0.05, 0.1) is 20.1 Å². The van der Waals surface area contributed by atoms with Gasteiger partial charge in [-0.25, -0.2) is 0 Å². The Labute approximate surface area is 181 Å². The highest BCUT2D eigenvalue weighted by atomic mass is 16.5. The maximum atomic E-state index is 12.7. The van der Waals surface area contributed by atoms with E-state index >= 15 is 0 Å². The molecule has 0 N–H and O–H groups in total. The average molecular weight is 425 g/mol. The Hall–Kier alpha value is -3.35. The van der Waals surface area contributed by atoms with Gasteiger partial charge in [-0.2, -0.15) is 0 Å². The number of ketones is 1. The molecule has 1 aliphatic heterocycles. The largest absolute Gasteiger partial charge is 0.493 e. The van der Waals surface area contributed by atoms with E-state index in [1.165, 1.54) is 14.2 Å². The molecule has 1 fully saturated rings. The minimum atomic E-state index is -0.406. The lowest BCUT2D eigenvalue weighted by Crippen LogP contribution is -2.41. The van der Waals surface area contributed by atoms with Crippen molar-refractivity contribution in [3.05, 3.63) is 59.2 Å². The third-order valence-electron chi connectivity index (χ3n) is 5.54. The van der Waals surface area contributed by atoms with Crippen LogP contribution in [-0.4, -0.2) is 56.5 Å². The summed E-state index contributed by atoms with van der Waals surface area (Å²) in [5.74, 6) is -0.112. The van der Waals surface area contributed by atoms with Crippen molar-refractivity contribution in [3.8, 4) is 11.5 Å². The molecule has 31 heavy (non-hydrogen) atoms. The number of piperidine rings is 1. The number of aryl methyl sites for hydroxylation is 1. The summed E-state index contributed by atoms with van der Waals surface area (Å²) in [6, 6.07) is 12.3. The molecule has 2 aromatic carbocycles. The van der Waals surface area contributed by atoms with E-state index in [1.807, 2.05) is 31.2 Å². The van der Waals surface area contributed by atoms with Crippen molar-refractivity contribution in [3.63, 3.8) is 0 Å². The van der Waals surface area contributed by atoms with Crippen LogP contribution >= 0.6 is 0 Å². The third kappa shape index (κ3) is 5.23. The van der Waals surface area contributed by atoms with E-state index in [4.69, 9.17) is 14.2 Å². The van der Waals surface area contributed by atoms with Crippen LogP contribution in [0.2, 0.25) is 0 Å². The zero-order valence-electron chi connectivity index (χ0n) is 18.1. The number of nitrogens with zero attached hydrogens (tertiary/aromatic N) is 1. The van der Waals surface area contributed by atoms with Gasteiger partial charge in [-0.15, -0.1) is 0 Å². The minimum absolute atomic E-state index is 0.0199. The molecule has 7 heteroatoms. The molecule has 0 bridgehead atoms. The van der Waals surface area contributed by atoms with Crippen molar-refractivity contribution < 1.29 is 28.6 Å². The molecule has 1 aliphatic rings. The number of hydrogen-bond acceptors (Lipinski definition) is 6. The summed E-state index contributed by atoms with van der Waals surface area (Å²) in [7, 11) is 3.00. The molecule has 0 aromatic heterocycles. The predicted molar refractivity (Wildman–Crippen MR) is 115 cm³/mol. The molecule has 1 amide bonds. The van der Waals surface area contributed by atoms with Gasteiger partial charge in [0, 0.05) is 24.2 Å². The quantitative estimate of drug-likeness (QED) is 0.500. The minimum Gasteiger partial charge on any atom is -0.493 e. The molecule has 3 rings (SSSR count). The van der Waals surface area contributed by atoms with Crippen LogP contribution in [0.15, 0.2) is 42.5 Å². The zero-order valence-corrected chi connectivity index (χ0v) is 18.1. The van der Waals surface area contributed by atoms with Crippen molar-refractivity contribution in [2.75, 3.05) is 33.9 Å². The zero-order chi connectivity index (χ0) is 22.4. The molecule has 0 atom stereocenters. The van der Waals surface area contributed by atoms with Gasteiger partial charge in [0.25, 0.3) is 5.91 Å². The van der Waals surface area contributed by atoms with Crippen molar-refractivity contribution in [1.29, 1.82) is 0 Å². The first-order valence-corrected chi connectivity index (χ1v) is 10.2. The molecular weight excluding hydrogens is 398 g/mol. The lowest BCUT2D eigenvalue weighted by molar-refractivity contribution is -0.148. The molecule has 0 radical (unpaired) electrons. The average Bonchev–Trinajstić information content (AvgIpc) is 2.81. The molecule has 0 saturated carbocycles. The number of amides is 1. The van der Waals surface area contributed by atoms with Crippen LogP contribution in [-0.2, 0) is 9.53 Å². The maximum absolute atomic E-state index is 12.7. The van der Waals surface area contributed by atoms with E-state index in [1.54, 1.807) is 23.1 Å². The van der Waals surface area contributed by atoms with E-state index in [-0.39, 0.29) is 24.2 Å². The van der Waals surface area contributed by atoms with Crippen LogP contribution in [0.3, 0.4) is 0 Å². The summed E-state index contributed by atoms with van der Waals surface area (Å²) in [6.07, 6.45) is 1.03. The normalized spacial score (nSPS) is 14.1. The summed E-state index contributed by atoms with van der Waals surface area (Å²) in [5, 5.41) is 0. The smallest absolute Gasteiger partial charge is 0.309 e. The monoisotopic (exact) mass is 425 g/mol. The number of carbonyl (C=O) groups is 3. The summed E-state index contributed by atoms with van der Waals surface area (Å²) >= 11 is 0. The fraction of sp³-hybridized carbons (Fsp3) is 0.375. The summed E-state index contributed by atoms with van der Waals surface area (Å²) in [5.41, 5.74) is 2.00. The first-order chi connectivity index (χ1) is 14.9. The number of rotatable bonds is 7. The van der Waals surface area contributed by atoms with Gasteiger partial charge >= 0.3 is 5.97 Å². The number of carbonyl (C=O) groups excluding carboxylic acids is 3. The van der Waals surface area contributed by atoms with Crippen molar-refractivity contribution in [2.24, 2.45) is 5.92 Å². The predicted octanol–water partition coefficient (Wildman–Crippen LogP) is 3.29. The molecule has 1 heterocycles. The Balaban J connectivity index is 1.51. The van der Waals surface area contributed by atoms with Gasteiger partial charge in [0.1, 0.15) is 0 Å². The number of ether oxygens (including phenoxy) is 3. The van der Waals surface area contributed by atoms with E-state index in [0.717, 1.165) is 5.56 Å². The maximum Gasteiger partial charge on any atom is 0.309 e. The van der Waals surface area contributed by atoms with Crippen molar-refractivity contribution in [1.82, 2.24) is 4.90 Å². The second-order valence-corrected chi connectivity index (χ2v) is 7.48. The molecule has 0 aliphatic carbocycles. The van der Waals surface area contributed by atoms with E-state index in [9.17, 15) is 14.4 Å². The van der Waals surface area contributed by atoms with Gasteiger partial charge in [0.2, 0.25) is 0 Å². The summed E-state index contributed by atoms with van der Waals surface area (Å²) < 4.78 is 15.6. The fourth-order valence-corrected chi connectivity index (χ4v) is 3.65. The van der Waals surface area contributed by atoms with Crippen LogP contribution in [0.1, 0.15) is 39.1 Å². The topological polar surface area (TPSA) is 82.1 Å². The van der Waals surface area contributed by atoms with Gasteiger partial charge in [-0.3, -0.25) is 14.4 Å². The lowest BCUT2D eigenvalue weighted by Gasteiger charge is -2.31. The molecule has 7 nitrogen and oxygen atoms in total. The molecule has 0 spiro atoms. The van der Waals surface area contributed by atoms with Gasteiger partial charge < -0.3 is 19.1 Å². The SMILES string of the molecule is COc1ccc(C(=O)COC(=O)C2CCN(C(=O)c3ccccc3C)CC2)cc1OC. The van der Waals surface area contributed by atoms with Gasteiger partial charge in [0.15, 0.2) is 23.9 Å².